The van der Waals surface area contributed by atoms with Gasteiger partial charge < -0.3 is 5.73 Å². The van der Waals surface area contributed by atoms with Crippen molar-refractivity contribution in [2.45, 2.75) is 29.2 Å². The number of nitrogens with two attached hydrogens (primary N) is 1. The van der Waals surface area contributed by atoms with Gasteiger partial charge in [0.05, 0.1) is 11.9 Å². The van der Waals surface area contributed by atoms with E-state index < -0.39 is 0 Å². The van der Waals surface area contributed by atoms with Crippen molar-refractivity contribution in [3.8, 4) is 0 Å². The second kappa shape index (κ2) is 4.33. The Morgan fingerprint density at radius 2 is 2.18 bits per heavy atom. The van der Waals surface area contributed by atoms with Gasteiger partial charge in [-0.25, -0.2) is 9.97 Å². The lowest BCUT2D eigenvalue weighted by molar-refractivity contribution is 0.896. The average Bonchev–Trinajstić information content (AvgIpc) is 2.81. The Labute approximate surface area is 104 Å². The van der Waals surface area contributed by atoms with Gasteiger partial charge in [0.1, 0.15) is 11.4 Å². The van der Waals surface area contributed by atoms with E-state index in [1.54, 1.807) is 30.5 Å². The van der Waals surface area contributed by atoms with Crippen LogP contribution < -0.4 is 5.73 Å². The molecule has 1 aliphatic carbocycles. The predicted octanol–water partition coefficient (Wildman–Crippen LogP) is 2.09. The Morgan fingerprint density at radius 3 is 3.06 bits per heavy atom. The topological polar surface area (TPSA) is 64.7 Å². The minimum atomic E-state index is 0.697. The first kappa shape index (κ1) is 10.5. The van der Waals surface area contributed by atoms with Crippen molar-refractivity contribution in [3.63, 3.8) is 0 Å². The Hall–Kier alpha value is -1.62. The van der Waals surface area contributed by atoms with Crippen LogP contribution in [0.25, 0.3) is 0 Å². The van der Waals surface area contributed by atoms with Gasteiger partial charge in [-0.1, -0.05) is 11.8 Å². The molecule has 0 unspecified atom stereocenters. The molecule has 0 fully saturated rings. The van der Waals surface area contributed by atoms with Crippen LogP contribution in [0.15, 0.2) is 34.7 Å². The van der Waals surface area contributed by atoms with Gasteiger partial charge in [0.15, 0.2) is 0 Å². The third-order valence-corrected chi connectivity index (χ3v) is 3.99. The first-order valence-corrected chi connectivity index (χ1v) is 6.36. The quantitative estimate of drug-likeness (QED) is 0.819. The second-order valence-corrected chi connectivity index (χ2v) is 5.00. The van der Waals surface area contributed by atoms with Gasteiger partial charge in [-0.05, 0) is 25.3 Å². The van der Waals surface area contributed by atoms with Crippen LogP contribution in [0.1, 0.15) is 17.7 Å². The van der Waals surface area contributed by atoms with Crippen molar-refractivity contribution in [3.05, 3.63) is 36.0 Å². The van der Waals surface area contributed by atoms with Gasteiger partial charge in [0.2, 0.25) is 0 Å². The van der Waals surface area contributed by atoms with Gasteiger partial charge in [-0.2, -0.15) is 0 Å². The molecule has 2 heterocycles. The van der Waals surface area contributed by atoms with E-state index in [1.165, 1.54) is 17.7 Å². The normalized spacial score (nSPS) is 13.6. The maximum absolute atomic E-state index is 5.89. The van der Waals surface area contributed by atoms with Crippen molar-refractivity contribution in [1.29, 1.82) is 0 Å². The standard InChI is InChI=1S/C12H12N4S/c13-9-6-14-5-4-11(9)17-12-8-2-1-3-10(8)15-7-16-12/h4-7H,1-3,13H2. The molecule has 0 aliphatic heterocycles. The molecular formula is C12H12N4S. The summed E-state index contributed by atoms with van der Waals surface area (Å²) in [5.74, 6) is 0. The van der Waals surface area contributed by atoms with Gasteiger partial charge in [0, 0.05) is 22.3 Å². The summed E-state index contributed by atoms with van der Waals surface area (Å²) in [4.78, 5) is 13.7. The molecule has 0 saturated heterocycles. The van der Waals surface area contributed by atoms with E-state index in [2.05, 4.69) is 15.0 Å². The zero-order valence-corrected chi connectivity index (χ0v) is 10.1. The number of pyridine rings is 1. The van der Waals surface area contributed by atoms with Crippen LogP contribution in [0.3, 0.4) is 0 Å². The van der Waals surface area contributed by atoms with Crippen LogP contribution in [-0.2, 0) is 12.8 Å². The number of aromatic nitrogens is 3. The van der Waals surface area contributed by atoms with E-state index in [9.17, 15) is 0 Å². The highest BCUT2D eigenvalue weighted by molar-refractivity contribution is 7.99. The first-order valence-electron chi connectivity index (χ1n) is 5.54. The molecule has 2 N–H and O–H groups in total. The second-order valence-electron chi connectivity index (χ2n) is 3.97. The first-order chi connectivity index (χ1) is 8.34. The lowest BCUT2D eigenvalue weighted by Crippen LogP contribution is -1.95. The molecule has 86 valence electrons. The largest absolute Gasteiger partial charge is 0.397 e. The molecule has 0 saturated carbocycles. The summed E-state index contributed by atoms with van der Waals surface area (Å²) in [5, 5.41) is 1.03. The van der Waals surface area contributed by atoms with Crippen molar-refractivity contribution in [2.24, 2.45) is 0 Å². The number of fused-ring (bicyclic) bond motifs is 1. The number of rotatable bonds is 2. The maximum atomic E-state index is 5.89. The number of hydrogen-bond acceptors (Lipinski definition) is 5. The summed E-state index contributed by atoms with van der Waals surface area (Å²) in [6.07, 6.45) is 8.38. The minimum absolute atomic E-state index is 0.697. The van der Waals surface area contributed by atoms with Crippen molar-refractivity contribution in [2.75, 3.05) is 5.73 Å². The van der Waals surface area contributed by atoms with Crippen LogP contribution in [0.5, 0.6) is 0 Å². The number of nitrogen functional groups attached to an aromatic ring is 1. The third kappa shape index (κ3) is 1.98. The Bertz CT molecular complexity index is 556. The molecule has 0 aromatic carbocycles. The van der Waals surface area contributed by atoms with Crippen LogP contribution in [0.2, 0.25) is 0 Å². The average molecular weight is 244 g/mol. The maximum Gasteiger partial charge on any atom is 0.117 e. The SMILES string of the molecule is Nc1cnccc1Sc1ncnc2c1CCC2. The van der Waals surface area contributed by atoms with E-state index in [0.717, 1.165) is 22.8 Å². The van der Waals surface area contributed by atoms with E-state index >= 15 is 0 Å². The summed E-state index contributed by atoms with van der Waals surface area (Å²) in [6, 6.07) is 1.92. The number of anilines is 1. The lowest BCUT2D eigenvalue weighted by atomic mass is 10.3. The molecule has 1 aliphatic rings. The van der Waals surface area contributed by atoms with Gasteiger partial charge in [0.25, 0.3) is 0 Å². The molecule has 0 atom stereocenters. The lowest BCUT2D eigenvalue weighted by Gasteiger charge is -2.07. The summed E-state index contributed by atoms with van der Waals surface area (Å²) < 4.78 is 0. The third-order valence-electron chi connectivity index (χ3n) is 2.85. The molecule has 3 rings (SSSR count). The minimum Gasteiger partial charge on any atom is -0.397 e. The zero-order chi connectivity index (χ0) is 11.7. The van der Waals surface area contributed by atoms with Crippen LogP contribution in [0.4, 0.5) is 5.69 Å². The highest BCUT2D eigenvalue weighted by atomic mass is 32.2. The van der Waals surface area contributed by atoms with Gasteiger partial charge >= 0.3 is 0 Å². The van der Waals surface area contributed by atoms with Crippen LogP contribution in [0, 0.1) is 0 Å². The molecule has 0 amide bonds. The highest BCUT2D eigenvalue weighted by Gasteiger charge is 2.18. The van der Waals surface area contributed by atoms with E-state index in [-0.39, 0.29) is 0 Å². The smallest absolute Gasteiger partial charge is 0.117 e. The molecule has 0 radical (unpaired) electrons. The molecule has 2 aromatic rings. The summed E-state index contributed by atoms with van der Waals surface area (Å²) in [5.41, 5.74) is 9.06. The Morgan fingerprint density at radius 1 is 1.24 bits per heavy atom. The van der Waals surface area contributed by atoms with E-state index in [4.69, 9.17) is 5.73 Å². The fraction of sp³-hybridized carbons (Fsp3) is 0.250. The highest BCUT2D eigenvalue weighted by Crippen LogP contribution is 2.35. The van der Waals surface area contributed by atoms with Crippen molar-refractivity contribution in [1.82, 2.24) is 15.0 Å². The fourth-order valence-corrected chi connectivity index (χ4v) is 2.96. The number of aryl methyl sites for hydroxylation is 1. The van der Waals surface area contributed by atoms with Gasteiger partial charge in [-0.15, -0.1) is 0 Å². The van der Waals surface area contributed by atoms with E-state index in [0.29, 0.717) is 5.69 Å². The molecule has 4 nitrogen and oxygen atoms in total. The van der Waals surface area contributed by atoms with Gasteiger partial charge in [-0.3, -0.25) is 4.98 Å². The molecule has 0 bridgehead atoms. The molecular weight excluding hydrogens is 232 g/mol. The summed E-state index contributed by atoms with van der Waals surface area (Å²) in [6.45, 7) is 0. The monoisotopic (exact) mass is 244 g/mol. The number of nitrogens with zero attached hydrogens (tertiary/aromatic N) is 3. The molecule has 0 spiro atoms. The van der Waals surface area contributed by atoms with Crippen LogP contribution >= 0.6 is 11.8 Å². The summed E-state index contributed by atoms with van der Waals surface area (Å²) in [7, 11) is 0. The molecule has 2 aromatic heterocycles. The summed E-state index contributed by atoms with van der Waals surface area (Å²) >= 11 is 1.60. The number of hydrogen-bond donors (Lipinski definition) is 1. The fourth-order valence-electron chi connectivity index (χ4n) is 2.01. The molecule has 17 heavy (non-hydrogen) atoms. The predicted molar refractivity (Wildman–Crippen MR) is 66.8 cm³/mol. The van der Waals surface area contributed by atoms with Crippen molar-refractivity contribution >= 4 is 17.4 Å². The van der Waals surface area contributed by atoms with E-state index in [1.807, 2.05) is 6.07 Å². The zero-order valence-electron chi connectivity index (χ0n) is 9.26. The van der Waals surface area contributed by atoms with Crippen LogP contribution in [-0.4, -0.2) is 15.0 Å². The van der Waals surface area contributed by atoms with Crippen molar-refractivity contribution < 1.29 is 0 Å². The Balaban J connectivity index is 1.97. The Kier molecular flexibility index (Phi) is 2.68. The molecule has 5 heteroatoms.